The van der Waals surface area contributed by atoms with E-state index in [0.717, 1.165) is 6.42 Å². The highest BCUT2D eigenvalue weighted by molar-refractivity contribution is 5.21. The molecule has 1 heterocycles. The normalized spacial score (nSPS) is 10.6. The fourth-order valence-electron chi connectivity index (χ4n) is 1.34. The van der Waals surface area contributed by atoms with Gasteiger partial charge in [0.2, 0.25) is 0 Å². The van der Waals surface area contributed by atoms with E-state index < -0.39 is 11.2 Å². The average Bonchev–Trinajstić information content (AvgIpc) is 2.30. The third-order valence-electron chi connectivity index (χ3n) is 2.45. The van der Waals surface area contributed by atoms with Crippen LogP contribution in [0.5, 0.6) is 0 Å². The fourth-order valence-corrected chi connectivity index (χ4v) is 1.34. The highest BCUT2D eigenvalue weighted by Gasteiger charge is 2.03. The molecule has 0 radical (unpaired) electrons. The molecule has 0 fully saturated rings. The predicted octanol–water partition coefficient (Wildman–Crippen LogP) is 0.471. The van der Waals surface area contributed by atoms with Crippen LogP contribution in [0.1, 0.15) is 25.8 Å². The van der Waals surface area contributed by atoms with Crippen molar-refractivity contribution < 1.29 is 4.74 Å². The second-order valence-electron chi connectivity index (χ2n) is 4.40. The van der Waals surface area contributed by atoms with Gasteiger partial charge in [-0.2, -0.15) is 5.26 Å². The maximum Gasteiger partial charge on any atom is 0.328 e. The molecule has 18 heavy (non-hydrogen) atoms. The second kappa shape index (κ2) is 6.77. The lowest BCUT2D eigenvalue weighted by Crippen LogP contribution is -2.32. The number of ether oxygens (including phenoxy) is 1. The third kappa shape index (κ3) is 4.18. The minimum atomic E-state index is -0.653. The predicted molar refractivity (Wildman–Crippen MR) is 66.3 cm³/mol. The first-order chi connectivity index (χ1) is 8.54. The summed E-state index contributed by atoms with van der Waals surface area (Å²) in [6.45, 7) is 5.55. The molecule has 0 saturated heterocycles. The summed E-state index contributed by atoms with van der Waals surface area (Å²) in [7, 11) is 0. The molecule has 0 spiro atoms. The van der Waals surface area contributed by atoms with Crippen LogP contribution in [0.3, 0.4) is 0 Å². The lowest BCUT2D eigenvalue weighted by Gasteiger charge is -2.07. The third-order valence-corrected chi connectivity index (χ3v) is 2.45. The zero-order chi connectivity index (χ0) is 13.5. The van der Waals surface area contributed by atoms with Crippen molar-refractivity contribution in [2.45, 2.75) is 26.8 Å². The van der Waals surface area contributed by atoms with Crippen LogP contribution in [-0.2, 0) is 11.3 Å². The van der Waals surface area contributed by atoms with Crippen molar-refractivity contribution in [1.82, 2.24) is 9.55 Å². The summed E-state index contributed by atoms with van der Waals surface area (Å²) in [5.41, 5.74) is -1.25. The number of aromatic amines is 1. The summed E-state index contributed by atoms with van der Waals surface area (Å²) in [5, 5.41) is 8.69. The van der Waals surface area contributed by atoms with Crippen LogP contribution in [-0.4, -0.2) is 22.8 Å². The summed E-state index contributed by atoms with van der Waals surface area (Å²) in [5.74, 6) is 0.575. The van der Waals surface area contributed by atoms with Crippen molar-refractivity contribution in [1.29, 1.82) is 5.26 Å². The molecule has 98 valence electrons. The zero-order valence-corrected chi connectivity index (χ0v) is 10.6. The van der Waals surface area contributed by atoms with Gasteiger partial charge in [0, 0.05) is 12.8 Å². The van der Waals surface area contributed by atoms with Crippen molar-refractivity contribution in [2.24, 2.45) is 5.92 Å². The second-order valence-corrected chi connectivity index (χ2v) is 4.40. The number of aromatic nitrogens is 2. The van der Waals surface area contributed by atoms with Gasteiger partial charge in [-0.3, -0.25) is 14.3 Å². The van der Waals surface area contributed by atoms with Gasteiger partial charge < -0.3 is 4.74 Å². The molecule has 0 aromatic carbocycles. The average molecular weight is 251 g/mol. The molecule has 0 amide bonds. The first-order valence-corrected chi connectivity index (χ1v) is 5.86. The first-order valence-electron chi connectivity index (χ1n) is 5.86. The molecule has 0 aliphatic carbocycles. The topological polar surface area (TPSA) is 87.9 Å². The van der Waals surface area contributed by atoms with E-state index in [1.54, 1.807) is 6.07 Å². The van der Waals surface area contributed by atoms with E-state index in [9.17, 15) is 9.59 Å². The number of nitrogens with one attached hydrogen (secondary N) is 1. The van der Waals surface area contributed by atoms with Gasteiger partial charge in [-0.05, 0) is 12.3 Å². The van der Waals surface area contributed by atoms with Crippen LogP contribution in [0.4, 0.5) is 0 Å². The lowest BCUT2D eigenvalue weighted by atomic mass is 10.1. The summed E-state index contributed by atoms with van der Waals surface area (Å²) in [6.07, 6.45) is 2.22. The minimum Gasteiger partial charge on any atom is -0.380 e. The molecule has 6 heteroatoms. The number of hydrogen-bond acceptors (Lipinski definition) is 4. The molecular formula is C12H17N3O3. The van der Waals surface area contributed by atoms with Gasteiger partial charge in [-0.15, -0.1) is 0 Å². The van der Waals surface area contributed by atoms with Gasteiger partial charge in [0.05, 0.1) is 13.2 Å². The highest BCUT2D eigenvalue weighted by Crippen LogP contribution is 1.98. The van der Waals surface area contributed by atoms with Crippen molar-refractivity contribution in [2.75, 3.05) is 13.2 Å². The Labute approximate surface area is 105 Å². The number of rotatable bonds is 6. The van der Waals surface area contributed by atoms with E-state index in [-0.39, 0.29) is 5.56 Å². The summed E-state index contributed by atoms with van der Waals surface area (Å²) >= 11 is 0. The number of hydrogen-bond donors (Lipinski definition) is 1. The Morgan fingerprint density at radius 3 is 2.78 bits per heavy atom. The quantitative estimate of drug-likeness (QED) is 0.744. The Balaban J connectivity index is 2.56. The smallest absolute Gasteiger partial charge is 0.328 e. The SMILES string of the molecule is CC(C)CCOCCn1cc(C#N)c(=O)[nH]c1=O. The van der Waals surface area contributed by atoms with Crippen LogP contribution in [0.2, 0.25) is 0 Å². The number of nitriles is 1. The molecule has 0 bridgehead atoms. The number of H-pyrrole nitrogens is 1. The first kappa shape index (κ1) is 14.2. The lowest BCUT2D eigenvalue weighted by molar-refractivity contribution is 0.115. The van der Waals surface area contributed by atoms with Gasteiger partial charge >= 0.3 is 5.69 Å². The van der Waals surface area contributed by atoms with E-state index in [1.807, 2.05) is 0 Å². The van der Waals surface area contributed by atoms with Gasteiger partial charge in [0.1, 0.15) is 11.6 Å². The largest absolute Gasteiger partial charge is 0.380 e. The van der Waals surface area contributed by atoms with Gasteiger partial charge in [-0.25, -0.2) is 4.79 Å². The summed E-state index contributed by atoms with van der Waals surface area (Å²) < 4.78 is 6.65. The minimum absolute atomic E-state index is 0.0724. The van der Waals surface area contributed by atoms with Crippen molar-refractivity contribution in [3.63, 3.8) is 0 Å². The Kier molecular flexibility index (Phi) is 5.33. The summed E-state index contributed by atoms with van der Waals surface area (Å²) in [6, 6.07) is 1.74. The molecule has 0 aliphatic heterocycles. The van der Waals surface area contributed by atoms with Crippen LogP contribution in [0.15, 0.2) is 15.8 Å². The molecule has 6 nitrogen and oxygen atoms in total. The van der Waals surface area contributed by atoms with Gasteiger partial charge in [0.25, 0.3) is 5.56 Å². The maximum absolute atomic E-state index is 11.4. The molecule has 1 aromatic heterocycles. The van der Waals surface area contributed by atoms with E-state index in [2.05, 4.69) is 18.8 Å². The van der Waals surface area contributed by atoms with E-state index >= 15 is 0 Å². The summed E-state index contributed by atoms with van der Waals surface area (Å²) in [4.78, 5) is 24.7. The number of nitrogens with zero attached hydrogens (tertiary/aromatic N) is 2. The van der Waals surface area contributed by atoms with Crippen molar-refractivity contribution in [3.05, 3.63) is 32.6 Å². The van der Waals surface area contributed by atoms with Crippen molar-refractivity contribution in [3.8, 4) is 6.07 Å². The van der Waals surface area contributed by atoms with Crippen molar-refractivity contribution >= 4 is 0 Å². The molecule has 0 aliphatic rings. The zero-order valence-electron chi connectivity index (χ0n) is 10.6. The molecule has 1 aromatic rings. The Morgan fingerprint density at radius 1 is 1.44 bits per heavy atom. The molecule has 1 N–H and O–H groups in total. The Hall–Kier alpha value is -1.87. The van der Waals surface area contributed by atoms with E-state index in [0.29, 0.717) is 25.7 Å². The van der Waals surface area contributed by atoms with Crippen LogP contribution in [0, 0.1) is 17.2 Å². The molecule has 1 rings (SSSR count). The van der Waals surface area contributed by atoms with E-state index in [1.165, 1.54) is 10.8 Å². The van der Waals surface area contributed by atoms with Gasteiger partial charge in [0.15, 0.2) is 0 Å². The molecular weight excluding hydrogens is 234 g/mol. The highest BCUT2D eigenvalue weighted by atomic mass is 16.5. The molecule has 0 atom stereocenters. The van der Waals surface area contributed by atoms with E-state index in [4.69, 9.17) is 10.00 Å². The van der Waals surface area contributed by atoms with Crippen LogP contribution < -0.4 is 11.2 Å². The fraction of sp³-hybridized carbons (Fsp3) is 0.583. The Bertz CT molecular complexity index is 537. The van der Waals surface area contributed by atoms with Gasteiger partial charge in [-0.1, -0.05) is 13.8 Å². The standard InChI is InChI=1S/C12H17N3O3/c1-9(2)3-5-18-6-4-15-8-10(7-13)11(16)14-12(15)17/h8-9H,3-6H2,1-2H3,(H,14,16,17). The van der Waals surface area contributed by atoms with Crippen LogP contribution >= 0.6 is 0 Å². The molecule has 0 unspecified atom stereocenters. The monoisotopic (exact) mass is 251 g/mol. The molecule has 0 saturated carbocycles. The van der Waals surface area contributed by atoms with Crippen LogP contribution in [0.25, 0.3) is 0 Å². The maximum atomic E-state index is 11.4. The Morgan fingerprint density at radius 2 is 2.17 bits per heavy atom.